The molecule has 1 fully saturated rings. The Labute approximate surface area is 180 Å². The first-order chi connectivity index (χ1) is 13.3. The third-order valence-corrected chi connectivity index (χ3v) is 6.47. The molecule has 2 aliphatic carbocycles. The highest BCUT2D eigenvalue weighted by Crippen LogP contribution is 2.60. The number of esters is 1. The van der Waals surface area contributed by atoms with Gasteiger partial charge in [0.05, 0.1) is 5.92 Å². The van der Waals surface area contributed by atoms with E-state index >= 15 is 0 Å². The number of hydrogen-bond acceptors (Lipinski definition) is 4. The molecule has 0 saturated heterocycles. The van der Waals surface area contributed by atoms with Crippen LogP contribution in [0.15, 0.2) is 66.0 Å². The molecule has 0 aliphatic heterocycles. The average molecular weight is 489 g/mol. The van der Waals surface area contributed by atoms with Crippen molar-refractivity contribution in [1.29, 1.82) is 5.26 Å². The smallest absolute Gasteiger partial charge is 0.312 e. The monoisotopic (exact) mass is 489 g/mol. The summed E-state index contributed by atoms with van der Waals surface area (Å²) in [6.07, 6.45) is 9.24. The number of allylic oxidation sites excluding steroid dienone is 4. The Bertz CT molecular complexity index is 879. The molecule has 146 valence electrons. The summed E-state index contributed by atoms with van der Waals surface area (Å²) in [4.78, 5) is 12.8. The first kappa shape index (κ1) is 20.7. The number of hydrogen-bond donors (Lipinski definition) is 0. The van der Waals surface area contributed by atoms with Crippen molar-refractivity contribution in [2.24, 2.45) is 17.3 Å². The van der Waals surface area contributed by atoms with E-state index in [9.17, 15) is 10.1 Å². The van der Waals surface area contributed by atoms with E-state index in [1.807, 2.05) is 84.2 Å². The van der Waals surface area contributed by atoms with Gasteiger partial charge in [-0.1, -0.05) is 50.3 Å². The number of nitriles is 1. The number of para-hydroxylation sites is 1. The Kier molecular flexibility index (Phi) is 5.99. The SMILES string of the molecule is C/C=C/C1C(C(=O)OC(I)(C#N)C2=CCCC(Oc3ccccc3)=C2)C1(C)C. The number of rotatable bonds is 6. The molecular formula is C23H24INO3. The molecule has 3 unspecified atom stereocenters. The van der Waals surface area contributed by atoms with Gasteiger partial charge in [0.1, 0.15) is 17.6 Å². The third-order valence-electron chi connectivity index (χ3n) is 5.38. The van der Waals surface area contributed by atoms with Gasteiger partial charge in [0, 0.05) is 12.0 Å². The van der Waals surface area contributed by atoms with Crippen LogP contribution >= 0.6 is 22.6 Å². The zero-order valence-electron chi connectivity index (χ0n) is 16.3. The van der Waals surface area contributed by atoms with Gasteiger partial charge in [-0.25, -0.2) is 0 Å². The molecule has 0 radical (unpaired) electrons. The van der Waals surface area contributed by atoms with Crippen molar-refractivity contribution in [3.05, 3.63) is 66.0 Å². The van der Waals surface area contributed by atoms with E-state index in [0.717, 1.165) is 24.4 Å². The maximum atomic E-state index is 12.8. The van der Waals surface area contributed by atoms with Crippen LogP contribution in [0.2, 0.25) is 0 Å². The lowest BCUT2D eigenvalue weighted by Crippen LogP contribution is -2.31. The fraction of sp³-hybridized carbons (Fsp3) is 0.391. The molecule has 0 heterocycles. The maximum absolute atomic E-state index is 12.8. The summed E-state index contributed by atoms with van der Waals surface area (Å²) in [6, 6.07) is 11.7. The van der Waals surface area contributed by atoms with Gasteiger partial charge < -0.3 is 9.47 Å². The largest absolute Gasteiger partial charge is 0.462 e. The van der Waals surface area contributed by atoms with Crippen molar-refractivity contribution in [3.63, 3.8) is 0 Å². The minimum Gasteiger partial charge on any atom is -0.462 e. The molecule has 28 heavy (non-hydrogen) atoms. The van der Waals surface area contributed by atoms with Gasteiger partial charge in [0.2, 0.25) is 0 Å². The van der Waals surface area contributed by atoms with E-state index in [-0.39, 0.29) is 23.2 Å². The quantitative estimate of drug-likeness (QED) is 0.222. The highest BCUT2D eigenvalue weighted by Gasteiger charge is 2.62. The van der Waals surface area contributed by atoms with E-state index in [1.54, 1.807) is 0 Å². The number of carbonyl (C=O) groups excluding carboxylic acids is 1. The molecule has 3 atom stereocenters. The van der Waals surface area contributed by atoms with Crippen LogP contribution in [-0.2, 0) is 9.53 Å². The molecule has 3 rings (SSSR count). The zero-order valence-corrected chi connectivity index (χ0v) is 18.5. The molecule has 4 nitrogen and oxygen atoms in total. The van der Waals surface area contributed by atoms with Crippen molar-refractivity contribution in [1.82, 2.24) is 0 Å². The molecule has 0 amide bonds. The van der Waals surface area contributed by atoms with E-state index in [0.29, 0.717) is 5.57 Å². The van der Waals surface area contributed by atoms with Gasteiger partial charge in [0.15, 0.2) is 0 Å². The predicted molar refractivity (Wildman–Crippen MR) is 117 cm³/mol. The van der Waals surface area contributed by atoms with Crippen LogP contribution in [0.3, 0.4) is 0 Å². The van der Waals surface area contributed by atoms with Crippen LogP contribution in [0, 0.1) is 28.6 Å². The Hall–Kier alpha value is -2.07. The van der Waals surface area contributed by atoms with Gasteiger partial charge in [-0.3, -0.25) is 4.79 Å². The molecule has 1 aromatic rings. The van der Waals surface area contributed by atoms with Gasteiger partial charge >= 0.3 is 5.97 Å². The fourth-order valence-electron chi connectivity index (χ4n) is 3.66. The lowest BCUT2D eigenvalue weighted by molar-refractivity contribution is -0.148. The standard InChI is InChI=1S/C23H24INO3/c1-4-9-19-20(22(19,2)3)21(26)28-23(24,15-25)16-10-8-13-18(14-16)27-17-11-6-5-7-12-17/h4-7,9-12,14,19-20H,8,13H2,1-3H3/b9-4+. The topological polar surface area (TPSA) is 59.3 Å². The number of carbonyl (C=O) groups is 1. The second-order valence-electron chi connectivity index (χ2n) is 7.70. The summed E-state index contributed by atoms with van der Waals surface area (Å²) >= 11 is 1.93. The molecule has 0 bridgehead atoms. The summed E-state index contributed by atoms with van der Waals surface area (Å²) in [5.41, 5.74) is 0.511. The Balaban J connectivity index is 1.75. The molecule has 0 spiro atoms. The van der Waals surface area contributed by atoms with Crippen molar-refractivity contribution in [3.8, 4) is 11.8 Å². The highest BCUT2D eigenvalue weighted by molar-refractivity contribution is 14.1. The Morgan fingerprint density at radius 2 is 2.07 bits per heavy atom. The van der Waals surface area contributed by atoms with E-state index in [4.69, 9.17) is 9.47 Å². The summed E-state index contributed by atoms with van der Waals surface area (Å²) in [7, 11) is 0. The number of nitrogens with zero attached hydrogens (tertiary/aromatic N) is 1. The van der Waals surface area contributed by atoms with Gasteiger partial charge in [0.25, 0.3) is 3.61 Å². The predicted octanol–water partition coefficient (Wildman–Crippen LogP) is 5.72. The fourth-order valence-corrected chi connectivity index (χ4v) is 4.25. The number of ether oxygens (including phenoxy) is 2. The first-order valence-corrected chi connectivity index (χ1v) is 10.5. The first-order valence-electron chi connectivity index (χ1n) is 9.42. The van der Waals surface area contributed by atoms with Gasteiger partial charge in [-0.2, -0.15) is 5.26 Å². The van der Waals surface area contributed by atoms with E-state index in [1.165, 1.54) is 0 Å². The number of halogens is 1. The molecule has 0 N–H and O–H groups in total. The van der Waals surface area contributed by atoms with Crippen molar-refractivity contribution < 1.29 is 14.3 Å². The van der Waals surface area contributed by atoms with Crippen molar-refractivity contribution in [2.45, 2.75) is 37.2 Å². The van der Waals surface area contributed by atoms with Crippen LogP contribution in [0.5, 0.6) is 5.75 Å². The molecule has 1 saturated carbocycles. The lowest BCUT2D eigenvalue weighted by atomic mass is 10.0. The second-order valence-corrected chi connectivity index (χ2v) is 9.22. The summed E-state index contributed by atoms with van der Waals surface area (Å²) in [5.74, 6) is 1.11. The zero-order chi connectivity index (χ0) is 20.4. The normalized spacial score (nSPS) is 25.1. The van der Waals surface area contributed by atoms with Crippen LogP contribution < -0.4 is 4.74 Å². The minimum atomic E-state index is -1.36. The molecular weight excluding hydrogens is 465 g/mol. The van der Waals surface area contributed by atoms with Crippen molar-refractivity contribution >= 4 is 28.6 Å². The number of alkyl halides is 1. The average Bonchev–Trinajstić information content (AvgIpc) is 3.23. The van der Waals surface area contributed by atoms with E-state index in [2.05, 4.69) is 19.9 Å². The second kappa shape index (κ2) is 8.12. The van der Waals surface area contributed by atoms with Gasteiger partial charge in [-0.05, 0) is 65.5 Å². The van der Waals surface area contributed by atoms with Crippen LogP contribution in [0.1, 0.15) is 33.6 Å². The van der Waals surface area contributed by atoms with Crippen LogP contribution in [-0.4, -0.2) is 9.58 Å². The summed E-state index contributed by atoms with van der Waals surface area (Å²) in [6.45, 7) is 6.05. The molecule has 1 aromatic carbocycles. The summed E-state index contributed by atoms with van der Waals surface area (Å²) < 4.78 is 10.3. The summed E-state index contributed by atoms with van der Waals surface area (Å²) in [5, 5.41) is 9.80. The molecule has 2 aliphatic rings. The maximum Gasteiger partial charge on any atom is 0.312 e. The lowest BCUT2D eigenvalue weighted by Gasteiger charge is -2.25. The van der Waals surface area contributed by atoms with Crippen LogP contribution in [0.25, 0.3) is 0 Å². The molecule has 0 aromatic heterocycles. The number of benzene rings is 1. The van der Waals surface area contributed by atoms with Crippen LogP contribution in [0.4, 0.5) is 0 Å². The Morgan fingerprint density at radius 1 is 1.36 bits per heavy atom. The van der Waals surface area contributed by atoms with E-state index < -0.39 is 3.61 Å². The van der Waals surface area contributed by atoms with Gasteiger partial charge in [-0.15, -0.1) is 0 Å². The molecule has 5 heteroatoms. The Morgan fingerprint density at radius 3 is 2.71 bits per heavy atom. The highest BCUT2D eigenvalue weighted by atomic mass is 127. The third kappa shape index (κ3) is 4.17. The van der Waals surface area contributed by atoms with Crippen molar-refractivity contribution in [2.75, 3.05) is 0 Å². The minimum absolute atomic E-state index is 0.144.